The van der Waals surface area contributed by atoms with Gasteiger partial charge >= 0.3 is 5.97 Å². The number of benzene rings is 1. The third-order valence-corrected chi connectivity index (χ3v) is 5.85. The molecule has 0 bridgehead atoms. The van der Waals surface area contributed by atoms with E-state index in [-0.39, 0.29) is 18.1 Å². The lowest BCUT2D eigenvalue weighted by Crippen LogP contribution is -2.56. The number of thiol groups is 1. The molecule has 0 aliphatic rings. The largest absolute Gasteiger partial charge is 0.480 e. The third-order valence-electron chi connectivity index (χ3n) is 5.48. The predicted molar refractivity (Wildman–Crippen MR) is 128 cm³/mol. The Morgan fingerprint density at radius 3 is 2.48 bits per heavy atom. The first-order chi connectivity index (χ1) is 15.7. The maximum absolute atomic E-state index is 12.8. The molecular formula is C22H31N5O5S. The van der Waals surface area contributed by atoms with E-state index < -0.39 is 48.4 Å². The van der Waals surface area contributed by atoms with Gasteiger partial charge in [0.25, 0.3) is 0 Å². The first-order valence-electron chi connectivity index (χ1n) is 10.7. The average molecular weight is 478 g/mol. The van der Waals surface area contributed by atoms with Gasteiger partial charge in [-0.1, -0.05) is 38.5 Å². The molecule has 0 saturated carbocycles. The summed E-state index contributed by atoms with van der Waals surface area (Å²) in [6.07, 6.45) is 2.70. The van der Waals surface area contributed by atoms with Crippen LogP contribution in [0.1, 0.15) is 25.8 Å². The Morgan fingerprint density at radius 2 is 1.85 bits per heavy atom. The van der Waals surface area contributed by atoms with Crippen molar-refractivity contribution in [2.45, 2.75) is 44.8 Å². The van der Waals surface area contributed by atoms with Crippen molar-refractivity contribution in [2.75, 3.05) is 12.3 Å². The van der Waals surface area contributed by atoms with E-state index in [1.54, 1.807) is 6.92 Å². The summed E-state index contributed by atoms with van der Waals surface area (Å²) in [5.74, 6) is -3.24. The van der Waals surface area contributed by atoms with Crippen LogP contribution in [0.3, 0.4) is 0 Å². The second kappa shape index (κ2) is 12.3. The Balaban J connectivity index is 1.97. The van der Waals surface area contributed by atoms with Gasteiger partial charge in [0, 0.05) is 22.9 Å². The minimum atomic E-state index is -1.22. The van der Waals surface area contributed by atoms with E-state index in [1.165, 1.54) is 0 Å². The molecule has 11 heteroatoms. The molecule has 33 heavy (non-hydrogen) atoms. The highest BCUT2D eigenvalue weighted by Gasteiger charge is 2.29. The monoisotopic (exact) mass is 477 g/mol. The number of carbonyl (C=O) groups excluding carboxylic acids is 3. The molecular weight excluding hydrogens is 446 g/mol. The topological polar surface area (TPSA) is 166 Å². The van der Waals surface area contributed by atoms with Crippen LogP contribution >= 0.6 is 12.6 Å². The van der Waals surface area contributed by atoms with E-state index >= 15 is 0 Å². The molecule has 1 heterocycles. The fourth-order valence-corrected chi connectivity index (χ4v) is 3.55. The van der Waals surface area contributed by atoms with Crippen LogP contribution in [0.2, 0.25) is 0 Å². The zero-order chi connectivity index (χ0) is 24.5. The number of nitrogens with two attached hydrogens (primary N) is 1. The summed E-state index contributed by atoms with van der Waals surface area (Å²) in [7, 11) is 0. The number of hydrogen-bond acceptors (Lipinski definition) is 6. The van der Waals surface area contributed by atoms with Gasteiger partial charge in [0.15, 0.2) is 0 Å². The van der Waals surface area contributed by atoms with E-state index in [1.807, 2.05) is 37.4 Å². The van der Waals surface area contributed by atoms with E-state index in [2.05, 4.69) is 33.6 Å². The number of hydrogen-bond donors (Lipinski definition) is 7. The number of H-pyrrole nitrogens is 1. The van der Waals surface area contributed by atoms with Gasteiger partial charge in [0.1, 0.15) is 12.1 Å². The first-order valence-corrected chi connectivity index (χ1v) is 11.3. The van der Waals surface area contributed by atoms with E-state index in [9.17, 15) is 19.2 Å². The molecule has 1 aromatic carbocycles. The van der Waals surface area contributed by atoms with E-state index in [0.29, 0.717) is 6.42 Å². The molecule has 10 nitrogen and oxygen atoms in total. The molecule has 3 amide bonds. The number of aromatic amines is 1. The van der Waals surface area contributed by atoms with Crippen molar-refractivity contribution in [3.63, 3.8) is 0 Å². The molecule has 4 unspecified atom stereocenters. The van der Waals surface area contributed by atoms with Gasteiger partial charge in [-0.3, -0.25) is 14.4 Å². The second-order valence-corrected chi connectivity index (χ2v) is 8.27. The molecule has 0 aliphatic heterocycles. The number of para-hydroxylation sites is 1. The van der Waals surface area contributed by atoms with Gasteiger partial charge in [-0.05, 0) is 24.0 Å². The van der Waals surface area contributed by atoms with Crippen molar-refractivity contribution in [2.24, 2.45) is 11.7 Å². The highest BCUT2D eigenvalue weighted by atomic mass is 32.1. The van der Waals surface area contributed by atoms with Crippen molar-refractivity contribution in [3.8, 4) is 0 Å². The number of carbonyl (C=O) groups is 4. The van der Waals surface area contributed by atoms with Crippen LogP contribution in [-0.2, 0) is 25.6 Å². The standard InChI is InChI=1S/C22H31N5O5S/c1-3-12(2)19(21(30)25-10-18(28)26-17(11-33)22(31)32)27-20(29)15(23)8-13-9-24-16-7-5-4-6-14(13)16/h4-7,9,12,15,17,19,24,33H,3,8,10-11,23H2,1-2H3,(H,25,30)(H,26,28)(H,27,29)(H,31,32). The number of aromatic nitrogens is 1. The highest BCUT2D eigenvalue weighted by molar-refractivity contribution is 7.80. The molecule has 0 aliphatic carbocycles. The molecule has 7 N–H and O–H groups in total. The van der Waals surface area contributed by atoms with Crippen molar-refractivity contribution in [1.29, 1.82) is 0 Å². The normalized spacial score (nSPS) is 14.7. The second-order valence-electron chi connectivity index (χ2n) is 7.90. The molecule has 0 saturated heterocycles. The number of carboxylic acid groups (broad SMARTS) is 1. The fraction of sp³-hybridized carbons (Fsp3) is 0.455. The van der Waals surface area contributed by atoms with Gasteiger partial charge < -0.3 is 31.8 Å². The Bertz CT molecular complexity index is 994. The minimum absolute atomic E-state index is 0.0884. The van der Waals surface area contributed by atoms with Crippen molar-refractivity contribution < 1.29 is 24.3 Å². The SMILES string of the molecule is CCC(C)C(NC(=O)C(N)Cc1c[nH]c2ccccc12)C(=O)NCC(=O)NC(CS)C(=O)O. The molecule has 0 radical (unpaired) electrons. The summed E-state index contributed by atoms with van der Waals surface area (Å²) in [5, 5.41) is 17.4. The van der Waals surface area contributed by atoms with Gasteiger partial charge in [0.05, 0.1) is 12.6 Å². The molecule has 2 rings (SSSR count). The zero-order valence-electron chi connectivity index (χ0n) is 18.6. The first kappa shape index (κ1) is 26.2. The maximum atomic E-state index is 12.8. The maximum Gasteiger partial charge on any atom is 0.327 e. The number of nitrogens with one attached hydrogen (secondary N) is 4. The Morgan fingerprint density at radius 1 is 1.15 bits per heavy atom. The number of aliphatic carboxylic acids is 1. The minimum Gasteiger partial charge on any atom is -0.480 e. The molecule has 1 aromatic heterocycles. The van der Waals surface area contributed by atoms with E-state index in [0.717, 1.165) is 16.5 Å². The van der Waals surface area contributed by atoms with Crippen LogP contribution in [0.4, 0.5) is 0 Å². The number of amides is 3. The zero-order valence-corrected chi connectivity index (χ0v) is 19.5. The summed E-state index contributed by atoms with van der Waals surface area (Å²) in [6, 6.07) is 4.74. The molecule has 0 fully saturated rings. The number of rotatable bonds is 12. The highest BCUT2D eigenvalue weighted by Crippen LogP contribution is 2.19. The van der Waals surface area contributed by atoms with Crippen molar-refractivity contribution in [3.05, 3.63) is 36.0 Å². The van der Waals surface area contributed by atoms with Gasteiger partial charge in [-0.15, -0.1) is 0 Å². The summed E-state index contributed by atoms with van der Waals surface area (Å²) in [6.45, 7) is 3.25. The Kier molecular flexibility index (Phi) is 9.74. The van der Waals surface area contributed by atoms with E-state index in [4.69, 9.17) is 10.8 Å². The van der Waals surface area contributed by atoms with Crippen molar-refractivity contribution >= 4 is 47.2 Å². The average Bonchev–Trinajstić information content (AvgIpc) is 3.21. The van der Waals surface area contributed by atoms with Crippen molar-refractivity contribution in [1.82, 2.24) is 20.9 Å². The van der Waals surface area contributed by atoms with Crippen LogP contribution in [-0.4, -0.2) is 64.2 Å². The lowest BCUT2D eigenvalue weighted by Gasteiger charge is -2.25. The summed E-state index contributed by atoms with van der Waals surface area (Å²) < 4.78 is 0. The quantitative estimate of drug-likeness (QED) is 0.215. The lowest BCUT2D eigenvalue weighted by atomic mass is 9.97. The Hall–Kier alpha value is -3.05. The molecule has 180 valence electrons. The molecule has 4 atom stereocenters. The molecule has 0 spiro atoms. The fourth-order valence-electron chi connectivity index (χ4n) is 3.30. The predicted octanol–water partition coefficient (Wildman–Crippen LogP) is 0.184. The summed E-state index contributed by atoms with van der Waals surface area (Å²) in [4.78, 5) is 51.6. The smallest absolute Gasteiger partial charge is 0.327 e. The number of carboxylic acids is 1. The third kappa shape index (κ3) is 7.22. The van der Waals surface area contributed by atoms with Crippen LogP contribution in [0.5, 0.6) is 0 Å². The lowest BCUT2D eigenvalue weighted by molar-refractivity contribution is -0.141. The number of fused-ring (bicyclic) bond motifs is 1. The van der Waals surface area contributed by atoms with Gasteiger partial charge in [0.2, 0.25) is 17.7 Å². The Labute approximate surface area is 197 Å². The summed E-state index contributed by atoms with van der Waals surface area (Å²) >= 11 is 3.87. The summed E-state index contributed by atoms with van der Waals surface area (Å²) in [5.41, 5.74) is 7.96. The van der Waals surface area contributed by atoms with Gasteiger partial charge in [-0.2, -0.15) is 12.6 Å². The van der Waals surface area contributed by atoms with Crippen LogP contribution < -0.4 is 21.7 Å². The van der Waals surface area contributed by atoms with Crippen LogP contribution in [0.15, 0.2) is 30.5 Å². The van der Waals surface area contributed by atoms with Gasteiger partial charge in [-0.25, -0.2) is 4.79 Å². The van der Waals surface area contributed by atoms with Crippen LogP contribution in [0, 0.1) is 5.92 Å². The molecule has 2 aromatic rings. The van der Waals surface area contributed by atoms with Crippen LogP contribution in [0.25, 0.3) is 10.9 Å².